The summed E-state index contributed by atoms with van der Waals surface area (Å²) in [7, 11) is 1.84. The predicted molar refractivity (Wildman–Crippen MR) is 92.9 cm³/mol. The molecule has 1 aliphatic rings. The summed E-state index contributed by atoms with van der Waals surface area (Å²) in [6.45, 7) is 4.43. The summed E-state index contributed by atoms with van der Waals surface area (Å²) in [6, 6.07) is 4.23. The third-order valence-corrected chi connectivity index (χ3v) is 4.34. The summed E-state index contributed by atoms with van der Waals surface area (Å²) >= 11 is 0. The number of hydrogen-bond donors (Lipinski definition) is 2. The zero-order chi connectivity index (χ0) is 18.0. The maximum Gasteiger partial charge on any atom is 0.319 e. The molecule has 1 aliphatic heterocycles. The van der Waals surface area contributed by atoms with Gasteiger partial charge in [0.25, 0.3) is 0 Å². The number of urea groups is 1. The molecule has 0 bridgehead atoms. The van der Waals surface area contributed by atoms with Crippen LogP contribution in [0.15, 0.2) is 30.6 Å². The van der Waals surface area contributed by atoms with Crippen molar-refractivity contribution in [1.82, 2.24) is 15.1 Å². The van der Waals surface area contributed by atoms with E-state index in [0.29, 0.717) is 24.3 Å². The number of benzene rings is 1. The highest BCUT2D eigenvalue weighted by molar-refractivity contribution is 5.89. The average Bonchev–Trinajstić information content (AvgIpc) is 3.15. The van der Waals surface area contributed by atoms with Gasteiger partial charge in [-0.05, 0) is 30.0 Å². The third kappa shape index (κ3) is 3.99. The number of rotatable bonds is 4. The lowest BCUT2D eigenvalue weighted by atomic mass is 10.0. The number of nitrogens with one attached hydrogen (secondary N) is 2. The number of nitrogens with zero attached hydrogens (tertiary/aromatic N) is 2. The van der Waals surface area contributed by atoms with Crippen molar-refractivity contribution in [2.45, 2.75) is 38.3 Å². The van der Waals surface area contributed by atoms with Crippen LogP contribution in [-0.2, 0) is 11.8 Å². The highest BCUT2D eigenvalue weighted by Gasteiger charge is 2.31. The summed E-state index contributed by atoms with van der Waals surface area (Å²) in [4.78, 5) is 12.3. The van der Waals surface area contributed by atoms with Crippen molar-refractivity contribution in [3.05, 3.63) is 47.5 Å². The van der Waals surface area contributed by atoms with Crippen LogP contribution < -0.4 is 10.6 Å². The molecule has 2 amide bonds. The highest BCUT2D eigenvalue weighted by Crippen LogP contribution is 2.29. The lowest BCUT2D eigenvalue weighted by Gasteiger charge is -2.19. The van der Waals surface area contributed by atoms with Crippen molar-refractivity contribution < 1.29 is 13.9 Å². The maximum atomic E-state index is 14.0. The standard InChI is InChI=1S/C18H23FN4O2/c1-11(2)14-5-4-13(8-15(14)19)21-18(24)22-16-6-7-25-17(16)12-9-20-23(3)10-12/h4-5,8-11,16-17H,6-7H2,1-3H3,(H2,21,22,24)/t16-,17+/m0/s1. The summed E-state index contributed by atoms with van der Waals surface area (Å²) in [5, 5.41) is 9.74. The van der Waals surface area contributed by atoms with E-state index in [1.54, 1.807) is 23.0 Å². The van der Waals surface area contributed by atoms with Crippen molar-refractivity contribution >= 4 is 11.7 Å². The van der Waals surface area contributed by atoms with Crippen LogP contribution in [0.3, 0.4) is 0 Å². The lowest BCUT2D eigenvalue weighted by molar-refractivity contribution is 0.100. The minimum absolute atomic E-state index is 0.0961. The van der Waals surface area contributed by atoms with Gasteiger partial charge >= 0.3 is 6.03 Å². The maximum absolute atomic E-state index is 14.0. The van der Waals surface area contributed by atoms with Gasteiger partial charge in [-0.25, -0.2) is 9.18 Å². The number of amides is 2. The van der Waals surface area contributed by atoms with Gasteiger partial charge in [-0.15, -0.1) is 0 Å². The van der Waals surface area contributed by atoms with Crippen molar-refractivity contribution in [2.24, 2.45) is 7.05 Å². The number of aromatic nitrogens is 2. The lowest BCUT2D eigenvalue weighted by Crippen LogP contribution is -2.39. The SMILES string of the molecule is CC(C)c1ccc(NC(=O)N[C@H]2CCO[C@@H]2c2cnn(C)c2)cc1F. The molecular weight excluding hydrogens is 323 g/mol. The molecule has 0 unspecified atom stereocenters. The fraction of sp³-hybridized carbons (Fsp3) is 0.444. The number of halogens is 1. The first-order valence-corrected chi connectivity index (χ1v) is 8.41. The Morgan fingerprint density at radius 1 is 1.44 bits per heavy atom. The average molecular weight is 346 g/mol. The molecule has 2 heterocycles. The van der Waals surface area contributed by atoms with Crippen molar-refractivity contribution in [3.63, 3.8) is 0 Å². The molecule has 25 heavy (non-hydrogen) atoms. The first-order chi connectivity index (χ1) is 11.9. The second-order valence-corrected chi connectivity index (χ2v) is 6.62. The number of carbonyl (C=O) groups is 1. The largest absolute Gasteiger partial charge is 0.371 e. The Labute approximate surface area is 146 Å². The van der Waals surface area contributed by atoms with E-state index in [4.69, 9.17) is 4.74 Å². The molecule has 0 saturated carbocycles. The van der Waals surface area contributed by atoms with E-state index in [-0.39, 0.29) is 29.9 Å². The highest BCUT2D eigenvalue weighted by atomic mass is 19.1. The molecule has 0 aliphatic carbocycles. The van der Waals surface area contributed by atoms with Gasteiger partial charge in [-0.3, -0.25) is 4.68 Å². The Hall–Kier alpha value is -2.41. The van der Waals surface area contributed by atoms with Gasteiger partial charge in [0.05, 0.1) is 12.2 Å². The second-order valence-electron chi connectivity index (χ2n) is 6.62. The molecule has 2 N–H and O–H groups in total. The summed E-state index contributed by atoms with van der Waals surface area (Å²) in [5.74, 6) is -0.219. The molecule has 3 rings (SSSR count). The van der Waals surface area contributed by atoms with Crippen molar-refractivity contribution in [3.8, 4) is 0 Å². The molecule has 7 heteroatoms. The van der Waals surface area contributed by atoms with Gasteiger partial charge in [-0.1, -0.05) is 19.9 Å². The molecule has 0 spiro atoms. The molecule has 134 valence electrons. The molecule has 1 aromatic heterocycles. The Bertz CT molecular complexity index is 759. The Morgan fingerprint density at radius 3 is 2.88 bits per heavy atom. The molecule has 0 radical (unpaired) electrons. The molecule has 2 atom stereocenters. The number of ether oxygens (including phenoxy) is 1. The topological polar surface area (TPSA) is 68.2 Å². The smallest absolute Gasteiger partial charge is 0.319 e. The summed E-state index contributed by atoms with van der Waals surface area (Å²) in [6.07, 6.45) is 4.11. The fourth-order valence-corrected chi connectivity index (χ4v) is 3.06. The van der Waals surface area contributed by atoms with E-state index in [1.165, 1.54) is 6.07 Å². The van der Waals surface area contributed by atoms with Gasteiger partial charge in [0.1, 0.15) is 11.9 Å². The first-order valence-electron chi connectivity index (χ1n) is 8.41. The normalized spacial score (nSPS) is 20.0. The van der Waals surface area contributed by atoms with Crippen LogP contribution in [0.2, 0.25) is 0 Å². The van der Waals surface area contributed by atoms with Gasteiger partial charge in [0.2, 0.25) is 0 Å². The van der Waals surface area contributed by atoms with Crippen LogP contribution >= 0.6 is 0 Å². The number of aryl methyl sites for hydroxylation is 1. The zero-order valence-corrected chi connectivity index (χ0v) is 14.6. The molecule has 1 fully saturated rings. The molecule has 1 saturated heterocycles. The van der Waals surface area contributed by atoms with Crippen LogP contribution in [-0.4, -0.2) is 28.5 Å². The second kappa shape index (κ2) is 7.23. The fourth-order valence-electron chi connectivity index (χ4n) is 3.06. The van der Waals surface area contributed by atoms with Crippen LogP contribution in [0.4, 0.5) is 14.9 Å². The predicted octanol–water partition coefficient (Wildman–Crippen LogP) is 3.33. The van der Waals surface area contributed by atoms with Crippen LogP contribution in [0.25, 0.3) is 0 Å². The van der Waals surface area contributed by atoms with Crippen molar-refractivity contribution in [1.29, 1.82) is 0 Å². The number of anilines is 1. The van der Waals surface area contributed by atoms with Crippen LogP contribution in [0.5, 0.6) is 0 Å². The quantitative estimate of drug-likeness (QED) is 0.892. The van der Waals surface area contributed by atoms with Crippen LogP contribution in [0, 0.1) is 5.82 Å². The first kappa shape index (κ1) is 17.4. The number of carbonyl (C=O) groups excluding carboxylic acids is 1. The monoisotopic (exact) mass is 346 g/mol. The molecule has 1 aromatic carbocycles. The van der Waals surface area contributed by atoms with Crippen molar-refractivity contribution in [2.75, 3.05) is 11.9 Å². The minimum atomic E-state index is -0.374. The van der Waals surface area contributed by atoms with E-state index in [0.717, 1.165) is 5.56 Å². The number of hydrogen-bond acceptors (Lipinski definition) is 3. The van der Waals surface area contributed by atoms with Gasteiger partial charge in [0.15, 0.2) is 0 Å². The Kier molecular flexibility index (Phi) is 5.03. The van der Waals surface area contributed by atoms with E-state index < -0.39 is 0 Å². The molecular formula is C18H23FN4O2. The van der Waals surface area contributed by atoms with Gasteiger partial charge in [0, 0.05) is 31.1 Å². The summed E-state index contributed by atoms with van der Waals surface area (Å²) < 4.78 is 21.5. The molecule has 2 aromatic rings. The summed E-state index contributed by atoms with van der Waals surface area (Å²) in [5.41, 5.74) is 1.99. The van der Waals surface area contributed by atoms with E-state index in [2.05, 4.69) is 15.7 Å². The van der Waals surface area contributed by atoms with E-state index in [1.807, 2.05) is 27.1 Å². The Balaban J connectivity index is 1.63. The van der Waals surface area contributed by atoms with E-state index in [9.17, 15) is 9.18 Å². The van der Waals surface area contributed by atoms with E-state index >= 15 is 0 Å². The Morgan fingerprint density at radius 2 is 2.24 bits per heavy atom. The van der Waals surface area contributed by atoms with Gasteiger partial charge < -0.3 is 15.4 Å². The zero-order valence-electron chi connectivity index (χ0n) is 14.6. The minimum Gasteiger partial charge on any atom is -0.371 e. The third-order valence-electron chi connectivity index (χ3n) is 4.34. The van der Waals surface area contributed by atoms with Crippen LogP contribution in [0.1, 0.15) is 43.4 Å². The molecule has 6 nitrogen and oxygen atoms in total. The van der Waals surface area contributed by atoms with Gasteiger partial charge in [-0.2, -0.15) is 5.10 Å².